The Balaban J connectivity index is 2.80. The third-order valence-corrected chi connectivity index (χ3v) is 4.17. The first-order valence-corrected chi connectivity index (χ1v) is 8.07. The number of hydrogen-bond donors (Lipinski definition) is 2. The lowest BCUT2D eigenvalue weighted by molar-refractivity contribution is 0.605. The molecule has 0 radical (unpaired) electrons. The fourth-order valence-electron chi connectivity index (χ4n) is 1.73. The van der Waals surface area contributed by atoms with Gasteiger partial charge in [-0.05, 0) is 38.1 Å². The molecular weight excluding hydrogens is 282 g/mol. The quantitative estimate of drug-likeness (QED) is 0.748. The van der Waals surface area contributed by atoms with E-state index in [9.17, 15) is 8.42 Å². The van der Waals surface area contributed by atoms with Crippen molar-refractivity contribution in [2.75, 3.05) is 28.5 Å². The molecule has 0 bridgehead atoms. The molecule has 0 amide bonds. The van der Waals surface area contributed by atoms with Gasteiger partial charge in [-0.1, -0.05) is 12.2 Å². The maximum Gasteiger partial charge on any atom is 0.239 e. The van der Waals surface area contributed by atoms with Gasteiger partial charge < -0.3 is 10.6 Å². The van der Waals surface area contributed by atoms with Crippen LogP contribution >= 0.6 is 12.2 Å². The number of anilines is 2. The van der Waals surface area contributed by atoms with E-state index in [4.69, 9.17) is 5.73 Å². The number of nitrogens with two attached hydrogens (primary N) is 1. The van der Waals surface area contributed by atoms with E-state index in [0.29, 0.717) is 5.69 Å². The summed E-state index contributed by atoms with van der Waals surface area (Å²) in [5.74, 6) is -0.347. The highest BCUT2D eigenvalue weighted by Gasteiger charge is 2.12. The van der Waals surface area contributed by atoms with Gasteiger partial charge >= 0.3 is 0 Å². The maximum atomic E-state index is 11.7. The standard InChI is InChI=1S/C12H19N3O2S2/c1-3-15(4-2)11-7-5-10(6-8-11)14-19(16,17)9-12(13)18/h5-8,14H,3-4,9H2,1-2H3,(H2,13,18). The highest BCUT2D eigenvalue weighted by atomic mass is 32.2. The molecule has 1 rings (SSSR count). The van der Waals surface area contributed by atoms with E-state index < -0.39 is 10.0 Å². The number of hydrogen-bond acceptors (Lipinski definition) is 4. The molecule has 0 unspecified atom stereocenters. The second-order valence-electron chi connectivity index (χ2n) is 4.05. The molecule has 5 nitrogen and oxygen atoms in total. The van der Waals surface area contributed by atoms with E-state index in [1.54, 1.807) is 12.1 Å². The zero-order valence-corrected chi connectivity index (χ0v) is 12.7. The Hall–Kier alpha value is -1.34. The SMILES string of the molecule is CCN(CC)c1ccc(NS(=O)(=O)CC(N)=S)cc1. The monoisotopic (exact) mass is 301 g/mol. The van der Waals surface area contributed by atoms with Crippen molar-refractivity contribution in [3.05, 3.63) is 24.3 Å². The van der Waals surface area contributed by atoms with E-state index in [2.05, 4.69) is 35.7 Å². The van der Waals surface area contributed by atoms with Crippen LogP contribution in [0.3, 0.4) is 0 Å². The number of nitrogens with one attached hydrogen (secondary N) is 1. The van der Waals surface area contributed by atoms with Crippen LogP contribution in [-0.2, 0) is 10.0 Å². The average molecular weight is 301 g/mol. The molecule has 3 N–H and O–H groups in total. The largest absolute Gasteiger partial charge is 0.392 e. The summed E-state index contributed by atoms with van der Waals surface area (Å²) in [6.07, 6.45) is 0. The first kappa shape index (κ1) is 15.7. The van der Waals surface area contributed by atoms with E-state index in [-0.39, 0.29) is 10.7 Å². The Bertz CT molecular complexity index is 522. The fourth-order valence-corrected chi connectivity index (χ4v) is 3.14. The van der Waals surface area contributed by atoms with Crippen LogP contribution in [0.5, 0.6) is 0 Å². The van der Waals surface area contributed by atoms with Crippen molar-refractivity contribution in [3.8, 4) is 0 Å². The van der Waals surface area contributed by atoms with Gasteiger partial charge in [-0.25, -0.2) is 8.42 Å². The Morgan fingerprint density at radius 2 is 1.79 bits per heavy atom. The van der Waals surface area contributed by atoms with Crippen LogP contribution in [0.2, 0.25) is 0 Å². The van der Waals surface area contributed by atoms with Crippen LogP contribution in [0.1, 0.15) is 13.8 Å². The van der Waals surface area contributed by atoms with Gasteiger partial charge in [0.2, 0.25) is 10.0 Å². The smallest absolute Gasteiger partial charge is 0.239 e. The van der Waals surface area contributed by atoms with Gasteiger partial charge in [0.1, 0.15) is 5.75 Å². The summed E-state index contributed by atoms with van der Waals surface area (Å²) in [7, 11) is -3.51. The van der Waals surface area contributed by atoms with Crippen molar-refractivity contribution >= 4 is 38.6 Å². The molecule has 0 heterocycles. The molecule has 0 aliphatic heterocycles. The minimum Gasteiger partial charge on any atom is -0.392 e. The van der Waals surface area contributed by atoms with Crippen LogP contribution in [0.15, 0.2) is 24.3 Å². The normalized spacial score (nSPS) is 11.1. The van der Waals surface area contributed by atoms with Crippen LogP contribution < -0.4 is 15.4 Å². The Morgan fingerprint density at radius 1 is 1.26 bits per heavy atom. The average Bonchev–Trinajstić information content (AvgIpc) is 2.30. The summed E-state index contributed by atoms with van der Waals surface area (Å²) in [6, 6.07) is 7.22. The minimum atomic E-state index is -3.51. The van der Waals surface area contributed by atoms with Crippen molar-refractivity contribution in [3.63, 3.8) is 0 Å². The van der Waals surface area contributed by atoms with Gasteiger partial charge in [-0.3, -0.25) is 4.72 Å². The molecule has 106 valence electrons. The Kier molecular flexibility index (Phi) is 5.56. The molecule has 0 fully saturated rings. The third kappa shape index (κ3) is 5.04. The lowest BCUT2D eigenvalue weighted by Gasteiger charge is -2.21. The molecule has 19 heavy (non-hydrogen) atoms. The highest BCUT2D eigenvalue weighted by Crippen LogP contribution is 2.18. The number of thiocarbonyl (C=S) groups is 1. The minimum absolute atomic E-state index is 0.0488. The van der Waals surface area contributed by atoms with Crippen molar-refractivity contribution in [2.24, 2.45) is 5.73 Å². The second-order valence-corrected chi connectivity index (χ2v) is 6.29. The van der Waals surface area contributed by atoms with Gasteiger partial charge in [0.05, 0.1) is 4.99 Å². The summed E-state index contributed by atoms with van der Waals surface area (Å²) in [6.45, 7) is 5.96. The topological polar surface area (TPSA) is 75.4 Å². The molecule has 0 saturated carbocycles. The maximum absolute atomic E-state index is 11.7. The van der Waals surface area contributed by atoms with Gasteiger partial charge in [-0.15, -0.1) is 0 Å². The summed E-state index contributed by atoms with van der Waals surface area (Å²) >= 11 is 4.60. The number of sulfonamides is 1. The fraction of sp³-hybridized carbons (Fsp3) is 0.417. The molecule has 7 heteroatoms. The molecule has 0 spiro atoms. The van der Waals surface area contributed by atoms with Crippen LogP contribution in [-0.4, -0.2) is 32.2 Å². The Labute approximate surface area is 119 Å². The van der Waals surface area contributed by atoms with Gasteiger partial charge in [0.15, 0.2) is 0 Å². The van der Waals surface area contributed by atoms with Gasteiger partial charge in [0.25, 0.3) is 0 Å². The molecular formula is C12H19N3O2S2. The predicted molar refractivity (Wildman–Crippen MR) is 84.2 cm³/mol. The predicted octanol–water partition coefficient (Wildman–Crippen LogP) is 1.56. The van der Waals surface area contributed by atoms with Crippen LogP contribution in [0.4, 0.5) is 11.4 Å². The lowest BCUT2D eigenvalue weighted by Crippen LogP contribution is -2.26. The Morgan fingerprint density at radius 3 is 2.21 bits per heavy atom. The van der Waals surface area contributed by atoms with E-state index >= 15 is 0 Å². The third-order valence-electron chi connectivity index (χ3n) is 2.60. The summed E-state index contributed by atoms with van der Waals surface area (Å²) in [5, 5.41) is 0. The van der Waals surface area contributed by atoms with E-state index in [1.807, 2.05) is 12.1 Å². The number of rotatable bonds is 7. The molecule has 1 aromatic carbocycles. The lowest BCUT2D eigenvalue weighted by atomic mass is 10.2. The zero-order valence-electron chi connectivity index (χ0n) is 11.1. The van der Waals surface area contributed by atoms with E-state index in [0.717, 1.165) is 18.8 Å². The molecule has 0 atom stereocenters. The zero-order chi connectivity index (χ0) is 14.5. The highest BCUT2D eigenvalue weighted by molar-refractivity contribution is 7.95. The summed E-state index contributed by atoms with van der Waals surface area (Å²) in [4.78, 5) is 2.13. The van der Waals surface area contributed by atoms with E-state index in [1.165, 1.54) is 0 Å². The first-order chi connectivity index (χ1) is 8.88. The van der Waals surface area contributed by atoms with Gasteiger partial charge in [0, 0.05) is 24.5 Å². The van der Waals surface area contributed by atoms with Crippen LogP contribution in [0.25, 0.3) is 0 Å². The molecule has 0 aliphatic rings. The molecule has 1 aromatic rings. The summed E-state index contributed by atoms with van der Waals surface area (Å²) in [5.41, 5.74) is 6.80. The van der Waals surface area contributed by atoms with Crippen molar-refractivity contribution in [2.45, 2.75) is 13.8 Å². The van der Waals surface area contributed by atoms with Crippen molar-refractivity contribution in [1.82, 2.24) is 0 Å². The first-order valence-electron chi connectivity index (χ1n) is 6.01. The molecule has 0 saturated heterocycles. The van der Waals surface area contributed by atoms with Gasteiger partial charge in [-0.2, -0.15) is 0 Å². The second kappa shape index (κ2) is 6.72. The number of benzene rings is 1. The van der Waals surface area contributed by atoms with Crippen molar-refractivity contribution in [1.29, 1.82) is 0 Å². The van der Waals surface area contributed by atoms with Crippen LogP contribution in [0, 0.1) is 0 Å². The van der Waals surface area contributed by atoms with Crippen molar-refractivity contribution < 1.29 is 8.42 Å². The summed E-state index contributed by atoms with van der Waals surface area (Å²) < 4.78 is 25.7. The molecule has 0 aromatic heterocycles. The number of nitrogens with zero attached hydrogens (tertiary/aromatic N) is 1. The molecule has 0 aliphatic carbocycles.